The Hall–Kier alpha value is -2.19. The Balaban J connectivity index is 1.79. The van der Waals surface area contributed by atoms with Crippen LogP contribution in [-0.2, 0) is 15.9 Å². The fraction of sp³-hybridized carbons (Fsp3) is 0.519. The number of hydrogen-bond acceptors (Lipinski definition) is 5. The zero-order chi connectivity index (χ0) is 24.6. The fourth-order valence-corrected chi connectivity index (χ4v) is 5.54. The molecule has 1 saturated heterocycles. The number of hydrogen-bond donors (Lipinski definition) is 2. The lowest BCUT2D eigenvalue weighted by Gasteiger charge is -2.40. The lowest BCUT2D eigenvalue weighted by molar-refractivity contribution is 0.00578. The van der Waals surface area contributed by atoms with E-state index in [-0.39, 0.29) is 12.5 Å². The van der Waals surface area contributed by atoms with Gasteiger partial charge in [0.15, 0.2) is 0 Å². The van der Waals surface area contributed by atoms with E-state index in [1.807, 2.05) is 26.0 Å². The zero-order valence-corrected chi connectivity index (χ0v) is 21.2. The summed E-state index contributed by atoms with van der Waals surface area (Å²) in [7, 11) is -0.471. The van der Waals surface area contributed by atoms with Gasteiger partial charge in [0.05, 0.1) is 22.6 Å². The van der Waals surface area contributed by atoms with Crippen molar-refractivity contribution < 1.29 is 19.5 Å². The summed E-state index contributed by atoms with van der Waals surface area (Å²) >= 11 is 0. The molecule has 3 aromatic rings. The predicted molar refractivity (Wildman–Crippen MR) is 135 cm³/mol. The smallest absolute Gasteiger partial charge is 0.399 e. The monoisotopic (exact) mass is 462 g/mol. The van der Waals surface area contributed by atoms with E-state index in [1.54, 1.807) is 6.20 Å². The summed E-state index contributed by atoms with van der Waals surface area (Å²) in [5.41, 5.74) is 4.38. The Bertz CT molecular complexity index is 1250. The molecular weight excluding hydrogens is 427 g/mol. The second-order valence-corrected chi connectivity index (χ2v) is 11.4. The number of aliphatic hydroxyl groups excluding tert-OH is 2. The molecule has 0 spiro atoms. The van der Waals surface area contributed by atoms with E-state index in [9.17, 15) is 10.2 Å². The summed E-state index contributed by atoms with van der Waals surface area (Å²) in [4.78, 5) is 4.57. The van der Waals surface area contributed by atoms with E-state index in [2.05, 4.69) is 62.4 Å². The molecule has 34 heavy (non-hydrogen) atoms. The van der Waals surface area contributed by atoms with Crippen molar-refractivity contribution >= 4 is 23.5 Å². The van der Waals surface area contributed by atoms with Crippen LogP contribution in [0.2, 0.25) is 0 Å². The van der Waals surface area contributed by atoms with E-state index in [1.165, 1.54) is 0 Å². The molecule has 1 aliphatic carbocycles. The molecule has 1 fully saturated rings. The normalized spacial score (nSPS) is 23.3. The van der Waals surface area contributed by atoms with Crippen LogP contribution in [0.4, 0.5) is 0 Å². The van der Waals surface area contributed by atoms with E-state index in [0.29, 0.717) is 5.69 Å². The summed E-state index contributed by atoms with van der Waals surface area (Å²) in [6, 6.07) is 10.3. The summed E-state index contributed by atoms with van der Waals surface area (Å²) in [5.74, 6) is -0.321. The van der Waals surface area contributed by atoms with Gasteiger partial charge in [0.1, 0.15) is 6.10 Å². The molecule has 0 saturated carbocycles. The highest BCUT2D eigenvalue weighted by atomic mass is 16.7. The third kappa shape index (κ3) is 3.21. The number of rotatable bonds is 4. The summed E-state index contributed by atoms with van der Waals surface area (Å²) in [5, 5.41) is 23.0. The van der Waals surface area contributed by atoms with Crippen LogP contribution in [0, 0.1) is 5.41 Å². The Morgan fingerprint density at radius 3 is 2.41 bits per heavy atom. The lowest BCUT2D eigenvalue weighted by Crippen LogP contribution is -2.41. The van der Waals surface area contributed by atoms with E-state index in [4.69, 9.17) is 9.31 Å². The quantitative estimate of drug-likeness (QED) is 0.570. The average Bonchev–Trinajstić information content (AvgIpc) is 3.23. The van der Waals surface area contributed by atoms with Gasteiger partial charge in [-0.1, -0.05) is 26.0 Å². The molecule has 180 valence electrons. The first-order valence-electron chi connectivity index (χ1n) is 12.2. The van der Waals surface area contributed by atoms with Crippen molar-refractivity contribution in [1.82, 2.24) is 9.55 Å². The highest BCUT2D eigenvalue weighted by molar-refractivity contribution is 6.62. The molecule has 5 rings (SSSR count). The molecule has 6 nitrogen and oxygen atoms in total. The fourth-order valence-electron chi connectivity index (χ4n) is 5.54. The van der Waals surface area contributed by atoms with Crippen LogP contribution in [0.3, 0.4) is 0 Å². The van der Waals surface area contributed by atoms with Crippen LogP contribution in [0.25, 0.3) is 22.2 Å². The number of benzene rings is 1. The highest BCUT2D eigenvalue weighted by Crippen LogP contribution is 2.55. The van der Waals surface area contributed by atoms with Crippen molar-refractivity contribution in [3.63, 3.8) is 0 Å². The summed E-state index contributed by atoms with van der Waals surface area (Å²) < 4.78 is 15.0. The van der Waals surface area contributed by atoms with Crippen LogP contribution in [0.5, 0.6) is 0 Å². The predicted octanol–water partition coefficient (Wildman–Crippen LogP) is 4.17. The SMILES string of the molecule is CCn1c2c(c3cc(B4OC(C)(C)C(C)(C)O4)ccc31)C(C(C)(C)CO)[C@H](O)c1ncccc1-2. The number of aryl methyl sites for hydroxylation is 1. The van der Waals surface area contributed by atoms with Gasteiger partial charge in [-0.25, -0.2) is 0 Å². The van der Waals surface area contributed by atoms with E-state index < -0.39 is 29.8 Å². The van der Waals surface area contributed by atoms with Crippen molar-refractivity contribution in [3.05, 3.63) is 47.8 Å². The molecule has 2 aromatic heterocycles. The van der Waals surface area contributed by atoms with Gasteiger partial charge >= 0.3 is 7.12 Å². The number of pyridine rings is 1. The first-order chi connectivity index (χ1) is 15.9. The molecule has 0 amide bonds. The number of nitrogens with zero attached hydrogens (tertiary/aromatic N) is 2. The van der Waals surface area contributed by atoms with Crippen LogP contribution in [-0.4, -0.2) is 44.7 Å². The second kappa shape index (κ2) is 7.66. The average molecular weight is 462 g/mol. The maximum absolute atomic E-state index is 11.6. The Morgan fingerprint density at radius 1 is 1.12 bits per heavy atom. The van der Waals surface area contributed by atoms with Gasteiger partial charge < -0.3 is 24.1 Å². The Kier molecular flexibility index (Phi) is 5.30. The third-order valence-corrected chi connectivity index (χ3v) is 8.22. The van der Waals surface area contributed by atoms with Gasteiger partial charge in [0.25, 0.3) is 0 Å². The van der Waals surface area contributed by atoms with Crippen LogP contribution in [0.15, 0.2) is 36.5 Å². The molecule has 2 N–H and O–H groups in total. The molecular formula is C27H35BN2O4. The van der Waals surface area contributed by atoms with Crippen LogP contribution >= 0.6 is 0 Å². The minimum atomic E-state index is -0.817. The van der Waals surface area contributed by atoms with Crippen molar-refractivity contribution in [2.24, 2.45) is 5.41 Å². The first-order valence-corrected chi connectivity index (χ1v) is 12.2. The van der Waals surface area contributed by atoms with Crippen molar-refractivity contribution in [3.8, 4) is 11.3 Å². The molecule has 1 aliphatic heterocycles. The molecule has 2 aliphatic rings. The van der Waals surface area contributed by atoms with Crippen molar-refractivity contribution in [2.45, 2.75) is 78.2 Å². The van der Waals surface area contributed by atoms with Gasteiger partial charge in [-0.15, -0.1) is 0 Å². The van der Waals surface area contributed by atoms with Crippen molar-refractivity contribution in [2.75, 3.05) is 6.61 Å². The van der Waals surface area contributed by atoms with Crippen LogP contribution in [0.1, 0.15) is 71.7 Å². The Labute approximate surface area is 202 Å². The van der Waals surface area contributed by atoms with Crippen LogP contribution < -0.4 is 5.46 Å². The molecule has 0 bridgehead atoms. The molecule has 2 atom stereocenters. The maximum atomic E-state index is 11.6. The van der Waals surface area contributed by atoms with Gasteiger partial charge in [-0.05, 0) is 69.3 Å². The van der Waals surface area contributed by atoms with E-state index >= 15 is 0 Å². The second-order valence-electron chi connectivity index (χ2n) is 11.4. The number of aliphatic hydroxyl groups is 2. The largest absolute Gasteiger partial charge is 0.494 e. The number of fused-ring (bicyclic) bond motifs is 5. The standard InChI is InChI=1S/C27H35BN2O4/c1-8-30-19-12-11-16(28-33-26(4,5)27(6,7)34-28)14-18(19)20-21(25(2,3)15-31)24(32)22-17(23(20)30)10-9-13-29-22/h9-14,21,24,31-32H,8,15H2,1-7H3/t21?,24-/m0/s1. The van der Waals surface area contributed by atoms with Gasteiger partial charge in [-0.2, -0.15) is 0 Å². The molecule has 0 radical (unpaired) electrons. The topological polar surface area (TPSA) is 76.7 Å². The molecule has 7 heteroatoms. The zero-order valence-electron chi connectivity index (χ0n) is 21.2. The van der Waals surface area contributed by atoms with E-state index in [0.717, 1.165) is 39.7 Å². The third-order valence-electron chi connectivity index (χ3n) is 8.22. The van der Waals surface area contributed by atoms with Gasteiger partial charge in [0.2, 0.25) is 0 Å². The Morgan fingerprint density at radius 2 is 1.79 bits per heavy atom. The maximum Gasteiger partial charge on any atom is 0.494 e. The van der Waals surface area contributed by atoms with Crippen molar-refractivity contribution in [1.29, 1.82) is 0 Å². The first kappa shape index (κ1) is 23.6. The minimum Gasteiger partial charge on any atom is -0.399 e. The summed E-state index contributed by atoms with van der Waals surface area (Å²) in [6.07, 6.45) is 0.910. The summed E-state index contributed by atoms with van der Waals surface area (Å²) in [6.45, 7) is 15.1. The van der Waals surface area contributed by atoms with Gasteiger partial charge in [-0.3, -0.25) is 4.98 Å². The molecule has 1 unspecified atom stereocenters. The van der Waals surface area contributed by atoms with Gasteiger partial charge in [0, 0.05) is 41.7 Å². The minimum absolute atomic E-state index is 0.0496. The molecule has 1 aromatic carbocycles. The lowest BCUT2D eigenvalue weighted by atomic mass is 9.67. The molecule has 3 heterocycles. The number of aromatic nitrogens is 2. The highest BCUT2D eigenvalue weighted by Gasteiger charge is 2.52.